The van der Waals surface area contributed by atoms with Crippen LogP contribution in [0, 0.1) is 11.6 Å². The molecule has 186 valence electrons. The van der Waals surface area contributed by atoms with E-state index in [0.29, 0.717) is 35.2 Å². The fourth-order valence-corrected chi connectivity index (χ4v) is 4.41. The van der Waals surface area contributed by atoms with Gasteiger partial charge in [-0.2, -0.15) is 5.10 Å². The zero-order valence-corrected chi connectivity index (χ0v) is 20.4. The maximum Gasteiger partial charge on any atom is 0.164 e. The minimum Gasteiger partial charge on any atom is -0.317 e. The fraction of sp³-hybridized carbons (Fsp3) is 0.222. The Morgan fingerprint density at radius 1 is 1.00 bits per heavy atom. The van der Waals surface area contributed by atoms with Crippen LogP contribution in [-0.4, -0.2) is 41.6 Å². The Kier molecular flexibility index (Phi) is 5.80. The second-order valence-electron chi connectivity index (χ2n) is 9.21. The van der Waals surface area contributed by atoms with Gasteiger partial charge < -0.3 is 9.88 Å². The van der Waals surface area contributed by atoms with Crippen LogP contribution in [0.25, 0.3) is 39.6 Å². The Labute approximate surface area is 212 Å². The molecule has 1 aliphatic rings. The summed E-state index contributed by atoms with van der Waals surface area (Å²) in [4.78, 5) is 9.32. The summed E-state index contributed by atoms with van der Waals surface area (Å²) >= 11 is 0. The van der Waals surface area contributed by atoms with E-state index in [-0.39, 0.29) is 11.5 Å². The maximum atomic E-state index is 14.6. The summed E-state index contributed by atoms with van der Waals surface area (Å²) in [5, 5.41) is 15.7. The van der Waals surface area contributed by atoms with Crippen molar-refractivity contribution in [3.05, 3.63) is 84.2 Å². The van der Waals surface area contributed by atoms with Gasteiger partial charge in [-0.3, -0.25) is 0 Å². The summed E-state index contributed by atoms with van der Waals surface area (Å²) in [7, 11) is 3.64. The number of hydrogen-bond acceptors (Lipinski definition) is 6. The van der Waals surface area contributed by atoms with Gasteiger partial charge in [-0.15, -0.1) is 10.2 Å². The molecule has 0 radical (unpaired) electrons. The molecular formula is C27H24F2N8. The summed E-state index contributed by atoms with van der Waals surface area (Å²) < 4.78 is 32.3. The van der Waals surface area contributed by atoms with Gasteiger partial charge in [-0.05, 0) is 67.4 Å². The van der Waals surface area contributed by atoms with Gasteiger partial charge in [0, 0.05) is 42.5 Å². The minimum absolute atomic E-state index is 0.237. The van der Waals surface area contributed by atoms with Crippen LogP contribution in [-0.2, 0) is 13.6 Å². The molecule has 0 aliphatic heterocycles. The predicted molar refractivity (Wildman–Crippen MR) is 135 cm³/mol. The molecule has 5 aromatic rings. The molecule has 6 rings (SSSR count). The van der Waals surface area contributed by atoms with Gasteiger partial charge >= 0.3 is 0 Å². The first-order valence-electron chi connectivity index (χ1n) is 12.0. The van der Waals surface area contributed by atoms with Crippen LogP contribution < -0.4 is 5.32 Å². The molecule has 4 aromatic heterocycles. The highest BCUT2D eigenvalue weighted by Gasteiger charge is 2.27. The second kappa shape index (κ2) is 9.29. The first-order valence-corrected chi connectivity index (χ1v) is 12.0. The van der Waals surface area contributed by atoms with Gasteiger partial charge in [-0.1, -0.05) is 6.07 Å². The lowest BCUT2D eigenvalue weighted by Gasteiger charge is -2.13. The Bertz CT molecular complexity index is 1600. The van der Waals surface area contributed by atoms with Crippen LogP contribution in [0.15, 0.2) is 61.2 Å². The van der Waals surface area contributed by atoms with Gasteiger partial charge in [0.1, 0.15) is 23.7 Å². The van der Waals surface area contributed by atoms with Gasteiger partial charge in [0.05, 0.1) is 11.9 Å². The molecule has 1 fully saturated rings. The first kappa shape index (κ1) is 23.1. The lowest BCUT2D eigenvalue weighted by Crippen LogP contribution is -2.07. The monoisotopic (exact) mass is 498 g/mol. The van der Waals surface area contributed by atoms with Crippen molar-refractivity contribution in [2.75, 3.05) is 7.05 Å². The minimum atomic E-state index is -0.417. The highest BCUT2D eigenvalue weighted by Crippen LogP contribution is 2.42. The molecule has 0 atom stereocenters. The van der Waals surface area contributed by atoms with Crippen LogP contribution in [0.4, 0.5) is 8.78 Å². The van der Waals surface area contributed by atoms with Crippen molar-refractivity contribution in [2.45, 2.75) is 25.3 Å². The van der Waals surface area contributed by atoms with Crippen molar-refractivity contribution in [1.82, 2.24) is 39.8 Å². The Morgan fingerprint density at radius 2 is 1.86 bits per heavy atom. The molecule has 4 heterocycles. The number of aryl methyl sites for hydroxylation is 1. The summed E-state index contributed by atoms with van der Waals surface area (Å²) in [5.74, 6) is 0.741. The van der Waals surface area contributed by atoms with E-state index in [4.69, 9.17) is 4.98 Å². The van der Waals surface area contributed by atoms with Gasteiger partial charge in [0.25, 0.3) is 0 Å². The highest BCUT2D eigenvalue weighted by molar-refractivity contribution is 5.81. The number of nitrogens with one attached hydrogen (secondary N) is 1. The molecule has 0 saturated heterocycles. The lowest BCUT2D eigenvalue weighted by molar-refractivity contribution is 0.622. The fourth-order valence-electron chi connectivity index (χ4n) is 4.41. The van der Waals surface area contributed by atoms with E-state index in [0.717, 1.165) is 35.4 Å². The number of benzene rings is 1. The summed E-state index contributed by atoms with van der Waals surface area (Å²) in [6.07, 6.45) is 7.02. The average Bonchev–Trinajstić information content (AvgIpc) is 3.48. The SMILES string of the molecule is CNCc1ccc(F)c(-c2cnn(-c3cc(-c4ccc(F)cc4-c4nncn4C)cc(C4CC4)n3)c2)n1. The smallest absolute Gasteiger partial charge is 0.164 e. The zero-order valence-electron chi connectivity index (χ0n) is 20.4. The van der Waals surface area contributed by atoms with Gasteiger partial charge in [0.15, 0.2) is 11.6 Å². The summed E-state index contributed by atoms with van der Waals surface area (Å²) in [5.41, 5.74) is 4.77. The van der Waals surface area contributed by atoms with Crippen molar-refractivity contribution in [3.8, 4) is 39.6 Å². The molecular weight excluding hydrogens is 474 g/mol. The lowest BCUT2D eigenvalue weighted by atomic mass is 9.98. The van der Waals surface area contributed by atoms with Crippen molar-refractivity contribution in [3.63, 3.8) is 0 Å². The maximum absolute atomic E-state index is 14.6. The number of pyridine rings is 2. The summed E-state index contributed by atoms with van der Waals surface area (Å²) in [6, 6.07) is 11.7. The Balaban J connectivity index is 1.45. The molecule has 37 heavy (non-hydrogen) atoms. The topological polar surface area (TPSA) is 86.3 Å². The molecule has 8 nitrogen and oxygen atoms in total. The molecule has 1 saturated carbocycles. The number of hydrogen-bond donors (Lipinski definition) is 1. The van der Waals surface area contributed by atoms with Crippen LogP contribution in [0.2, 0.25) is 0 Å². The zero-order chi connectivity index (χ0) is 25.5. The molecule has 0 unspecified atom stereocenters. The average molecular weight is 499 g/mol. The van der Waals surface area contributed by atoms with E-state index < -0.39 is 5.82 Å². The number of aromatic nitrogens is 7. The van der Waals surface area contributed by atoms with Gasteiger partial charge in [0.2, 0.25) is 0 Å². The third-order valence-electron chi connectivity index (χ3n) is 6.42. The summed E-state index contributed by atoms with van der Waals surface area (Å²) in [6.45, 7) is 0.529. The van der Waals surface area contributed by atoms with Crippen molar-refractivity contribution >= 4 is 0 Å². The van der Waals surface area contributed by atoms with E-state index in [1.807, 2.05) is 26.2 Å². The van der Waals surface area contributed by atoms with Crippen LogP contribution >= 0.6 is 0 Å². The van der Waals surface area contributed by atoms with Crippen LogP contribution in [0.3, 0.4) is 0 Å². The number of halogens is 2. The molecule has 0 amide bonds. The molecule has 1 aromatic carbocycles. The quantitative estimate of drug-likeness (QED) is 0.351. The van der Waals surface area contributed by atoms with E-state index in [1.54, 1.807) is 40.1 Å². The first-order chi connectivity index (χ1) is 18.0. The van der Waals surface area contributed by atoms with Gasteiger partial charge in [-0.25, -0.2) is 23.4 Å². The van der Waals surface area contributed by atoms with E-state index in [9.17, 15) is 8.78 Å². The van der Waals surface area contributed by atoms with E-state index in [2.05, 4.69) is 25.6 Å². The molecule has 1 N–H and O–H groups in total. The molecule has 0 bridgehead atoms. The molecule has 0 spiro atoms. The van der Waals surface area contributed by atoms with Crippen molar-refractivity contribution in [2.24, 2.45) is 7.05 Å². The van der Waals surface area contributed by atoms with Crippen LogP contribution in [0.5, 0.6) is 0 Å². The van der Waals surface area contributed by atoms with E-state index in [1.165, 1.54) is 18.2 Å². The third-order valence-corrected chi connectivity index (χ3v) is 6.42. The Hall–Kier alpha value is -4.31. The Morgan fingerprint density at radius 3 is 2.62 bits per heavy atom. The van der Waals surface area contributed by atoms with E-state index >= 15 is 0 Å². The number of rotatable bonds is 7. The highest BCUT2D eigenvalue weighted by atomic mass is 19.1. The molecule has 10 heteroatoms. The predicted octanol–water partition coefficient (Wildman–Crippen LogP) is 4.67. The van der Waals surface area contributed by atoms with Crippen molar-refractivity contribution in [1.29, 1.82) is 0 Å². The van der Waals surface area contributed by atoms with Crippen molar-refractivity contribution < 1.29 is 8.78 Å². The largest absolute Gasteiger partial charge is 0.317 e. The molecule has 1 aliphatic carbocycles. The second-order valence-corrected chi connectivity index (χ2v) is 9.21. The normalized spacial score (nSPS) is 13.3. The third kappa shape index (κ3) is 4.51. The number of nitrogens with zero attached hydrogens (tertiary/aromatic N) is 7. The van der Waals surface area contributed by atoms with Crippen LogP contribution in [0.1, 0.15) is 30.1 Å². The standard InChI is InChI=1S/C27H24F2N8/c1-30-13-20-6-8-23(29)26(33-20)18-12-32-37(14-18)25-10-17(9-24(34-25)16-3-4-16)21-7-5-19(28)11-22(21)27-35-31-15-36(27)2/h5-12,14-16,30H,3-4,13H2,1-2H3.